The Morgan fingerprint density at radius 1 is 0.952 bits per heavy atom. The molecule has 2 aromatic rings. The Hall–Kier alpha value is -4.45. The lowest BCUT2D eigenvalue weighted by molar-refractivity contribution is -0.147. The van der Waals surface area contributed by atoms with Gasteiger partial charge in [0.25, 0.3) is 0 Å². The molecular weight excluding hydrogens is 542 g/mol. The molecule has 1 unspecified atom stereocenters. The van der Waals surface area contributed by atoms with E-state index in [1.807, 2.05) is 6.07 Å². The molecule has 0 saturated carbocycles. The van der Waals surface area contributed by atoms with Crippen molar-refractivity contribution in [1.82, 2.24) is 20.4 Å². The number of hydrogen-bond acceptors (Lipinski definition) is 7. The van der Waals surface area contributed by atoms with Crippen molar-refractivity contribution in [3.05, 3.63) is 65.7 Å². The number of hydrogen-bond donors (Lipinski definition) is 5. The number of carbonyl (C=O) groups excluding carboxylic acids is 4. The third-order valence-corrected chi connectivity index (χ3v) is 7.42. The van der Waals surface area contributed by atoms with Gasteiger partial charge in [-0.3, -0.25) is 19.2 Å². The fourth-order valence-corrected chi connectivity index (χ4v) is 4.89. The van der Waals surface area contributed by atoms with Crippen molar-refractivity contribution in [2.45, 2.75) is 69.7 Å². The first kappa shape index (κ1) is 32.1. The molecule has 1 aliphatic heterocycles. The molecule has 226 valence electrons. The zero-order chi connectivity index (χ0) is 31.0. The van der Waals surface area contributed by atoms with E-state index in [1.165, 1.54) is 35.9 Å². The van der Waals surface area contributed by atoms with Crippen LogP contribution < -0.4 is 16.4 Å². The number of nitrogens with one attached hydrogen (secondary N) is 2. The first-order valence-corrected chi connectivity index (χ1v) is 13.9. The number of benzene rings is 2. The maximum atomic E-state index is 13.5. The molecule has 0 aromatic heterocycles. The predicted octanol–water partition coefficient (Wildman–Crippen LogP) is 0.417. The first-order chi connectivity index (χ1) is 19.9. The van der Waals surface area contributed by atoms with Crippen LogP contribution in [-0.4, -0.2) is 93.4 Å². The van der Waals surface area contributed by atoms with Crippen LogP contribution in [0.2, 0.25) is 0 Å². The molecule has 1 aliphatic rings. The molecule has 0 aliphatic carbocycles. The molecule has 1 fully saturated rings. The van der Waals surface area contributed by atoms with Crippen LogP contribution in [-0.2, 0) is 36.8 Å². The average Bonchev–Trinajstić information content (AvgIpc) is 3.46. The molecule has 12 heteroatoms. The molecule has 12 nitrogen and oxygen atoms in total. The van der Waals surface area contributed by atoms with E-state index >= 15 is 0 Å². The van der Waals surface area contributed by atoms with Gasteiger partial charge in [0.15, 0.2) is 0 Å². The molecule has 3 rings (SSSR count). The summed E-state index contributed by atoms with van der Waals surface area (Å²) in [5.74, 6) is -3.28. The number of aromatic hydroxyl groups is 1. The molecule has 6 N–H and O–H groups in total. The topological polar surface area (TPSA) is 182 Å². The van der Waals surface area contributed by atoms with Crippen LogP contribution in [0.25, 0.3) is 0 Å². The van der Waals surface area contributed by atoms with Crippen molar-refractivity contribution >= 4 is 29.6 Å². The number of phenols is 1. The van der Waals surface area contributed by atoms with Gasteiger partial charge in [-0.25, -0.2) is 4.79 Å². The zero-order valence-electron chi connectivity index (χ0n) is 24.0. The number of rotatable bonds is 12. The Labute approximate surface area is 244 Å². The van der Waals surface area contributed by atoms with E-state index in [0.717, 1.165) is 5.56 Å². The molecule has 1 heterocycles. The van der Waals surface area contributed by atoms with E-state index in [9.17, 15) is 34.2 Å². The van der Waals surface area contributed by atoms with Crippen LogP contribution in [0, 0.1) is 0 Å². The molecule has 0 bridgehead atoms. The Balaban J connectivity index is 1.77. The summed E-state index contributed by atoms with van der Waals surface area (Å²) in [6, 6.07) is 10.0. The van der Waals surface area contributed by atoms with Gasteiger partial charge < -0.3 is 36.4 Å². The summed E-state index contributed by atoms with van der Waals surface area (Å²) in [7, 11) is 1.48. The Morgan fingerprint density at radius 3 is 2.14 bits per heavy atom. The summed E-state index contributed by atoms with van der Waals surface area (Å²) in [5, 5.41) is 24.6. The number of likely N-dealkylation sites (tertiary alicyclic amines) is 1. The lowest BCUT2D eigenvalue weighted by Crippen LogP contribution is -2.58. The van der Waals surface area contributed by atoms with Gasteiger partial charge in [0.1, 0.15) is 29.9 Å². The molecule has 2 aromatic carbocycles. The highest BCUT2D eigenvalue weighted by molar-refractivity contribution is 5.95. The second-order valence-electron chi connectivity index (χ2n) is 10.6. The number of amides is 4. The average molecular weight is 582 g/mol. The lowest BCUT2D eigenvalue weighted by atomic mass is 10.0. The number of carbonyl (C=O) groups is 5. The van der Waals surface area contributed by atoms with Gasteiger partial charge in [-0.1, -0.05) is 42.5 Å². The minimum absolute atomic E-state index is 0.0290. The van der Waals surface area contributed by atoms with Crippen LogP contribution in [0.5, 0.6) is 5.75 Å². The number of nitrogens with zero attached hydrogens (tertiary/aromatic N) is 2. The third kappa shape index (κ3) is 8.29. The van der Waals surface area contributed by atoms with Gasteiger partial charge in [-0.2, -0.15) is 0 Å². The number of carboxylic acids is 1. The standard InChI is InChI=1S/C30H39N5O7/c1-18(31)28(39)34(3)19(2)29(40)35-15-7-10-25(35)27(38)32-23(16-20-8-5-4-6-9-20)26(37)33-24(30(41)42)17-21-11-13-22(36)14-12-21/h4-6,8-9,11-14,18-19,23-25,36H,7,10,15-17,31H2,1-3H3,(H,32,38)(H,33,37)(H,41,42)/t18-,19?,23-,24-,25-/m0/s1. The summed E-state index contributed by atoms with van der Waals surface area (Å²) in [6.07, 6.45) is 0.981. The third-order valence-electron chi connectivity index (χ3n) is 7.42. The number of likely N-dealkylation sites (N-methyl/N-ethyl adjacent to an activating group) is 1. The van der Waals surface area contributed by atoms with Gasteiger partial charge in [0.05, 0.1) is 6.04 Å². The lowest BCUT2D eigenvalue weighted by Gasteiger charge is -2.32. The largest absolute Gasteiger partial charge is 0.508 e. The molecule has 4 amide bonds. The van der Waals surface area contributed by atoms with E-state index < -0.39 is 59.8 Å². The SMILES string of the molecule is CC(C(=O)N1CCC[C@H]1C(=O)N[C@@H](Cc1ccccc1)C(=O)N[C@@H](Cc1ccc(O)cc1)C(=O)O)N(C)C(=O)[C@H](C)N. The van der Waals surface area contributed by atoms with E-state index in [0.29, 0.717) is 24.9 Å². The summed E-state index contributed by atoms with van der Waals surface area (Å²) >= 11 is 0. The smallest absolute Gasteiger partial charge is 0.326 e. The summed E-state index contributed by atoms with van der Waals surface area (Å²) in [6.45, 7) is 3.41. The Kier molecular flexibility index (Phi) is 11.0. The summed E-state index contributed by atoms with van der Waals surface area (Å²) < 4.78 is 0. The van der Waals surface area contributed by atoms with E-state index in [2.05, 4.69) is 10.6 Å². The highest BCUT2D eigenvalue weighted by atomic mass is 16.4. The van der Waals surface area contributed by atoms with Gasteiger partial charge in [-0.05, 0) is 49.9 Å². The fraction of sp³-hybridized carbons (Fsp3) is 0.433. The maximum absolute atomic E-state index is 13.5. The Morgan fingerprint density at radius 2 is 1.55 bits per heavy atom. The second kappa shape index (κ2) is 14.4. The maximum Gasteiger partial charge on any atom is 0.326 e. The highest BCUT2D eigenvalue weighted by Gasteiger charge is 2.39. The Bertz CT molecular complexity index is 1270. The van der Waals surface area contributed by atoms with Crippen LogP contribution in [0.4, 0.5) is 0 Å². The molecule has 0 spiro atoms. The van der Waals surface area contributed by atoms with E-state index in [-0.39, 0.29) is 18.6 Å². The molecule has 5 atom stereocenters. The second-order valence-corrected chi connectivity index (χ2v) is 10.6. The minimum atomic E-state index is -1.29. The highest BCUT2D eigenvalue weighted by Crippen LogP contribution is 2.20. The van der Waals surface area contributed by atoms with Crippen LogP contribution in [0.3, 0.4) is 0 Å². The first-order valence-electron chi connectivity index (χ1n) is 13.9. The fourth-order valence-electron chi connectivity index (χ4n) is 4.89. The van der Waals surface area contributed by atoms with Crippen LogP contribution in [0.1, 0.15) is 37.8 Å². The van der Waals surface area contributed by atoms with Crippen molar-refractivity contribution in [3.63, 3.8) is 0 Å². The molecule has 0 radical (unpaired) electrons. The van der Waals surface area contributed by atoms with Crippen LogP contribution >= 0.6 is 0 Å². The number of aliphatic carboxylic acids is 1. The molecular formula is C30H39N5O7. The van der Waals surface area contributed by atoms with E-state index in [1.54, 1.807) is 43.3 Å². The number of phenolic OH excluding ortho intramolecular Hbond substituents is 1. The van der Waals surface area contributed by atoms with Crippen molar-refractivity contribution in [2.24, 2.45) is 5.73 Å². The quantitative estimate of drug-likeness (QED) is 0.239. The molecule has 42 heavy (non-hydrogen) atoms. The van der Waals surface area contributed by atoms with Gasteiger partial charge in [0, 0.05) is 26.4 Å². The van der Waals surface area contributed by atoms with Crippen molar-refractivity contribution in [1.29, 1.82) is 0 Å². The van der Waals surface area contributed by atoms with Crippen molar-refractivity contribution in [2.75, 3.05) is 13.6 Å². The van der Waals surface area contributed by atoms with Crippen LogP contribution in [0.15, 0.2) is 54.6 Å². The summed E-state index contributed by atoms with van der Waals surface area (Å²) in [4.78, 5) is 67.3. The van der Waals surface area contributed by atoms with Gasteiger partial charge >= 0.3 is 5.97 Å². The normalized spacial score (nSPS) is 17.4. The van der Waals surface area contributed by atoms with Crippen molar-refractivity contribution < 1.29 is 34.2 Å². The van der Waals surface area contributed by atoms with Gasteiger partial charge in [-0.15, -0.1) is 0 Å². The monoisotopic (exact) mass is 581 g/mol. The minimum Gasteiger partial charge on any atom is -0.508 e. The molecule has 1 saturated heterocycles. The number of carboxylic acid groups (broad SMARTS) is 1. The van der Waals surface area contributed by atoms with E-state index in [4.69, 9.17) is 5.73 Å². The predicted molar refractivity (Wildman–Crippen MR) is 154 cm³/mol. The van der Waals surface area contributed by atoms with Crippen molar-refractivity contribution in [3.8, 4) is 5.75 Å². The zero-order valence-corrected chi connectivity index (χ0v) is 24.0. The summed E-state index contributed by atoms with van der Waals surface area (Å²) in [5.41, 5.74) is 7.02. The number of nitrogens with two attached hydrogens (primary N) is 1. The van der Waals surface area contributed by atoms with Gasteiger partial charge in [0.2, 0.25) is 23.6 Å².